The zero-order valence-electron chi connectivity index (χ0n) is 12.0. The molecule has 3 unspecified atom stereocenters. The molecule has 114 valence electrons. The van der Waals surface area contributed by atoms with E-state index >= 15 is 0 Å². The average Bonchev–Trinajstić information content (AvgIpc) is 2.63. The van der Waals surface area contributed by atoms with Gasteiger partial charge in [-0.3, -0.25) is 0 Å². The van der Waals surface area contributed by atoms with E-state index in [0.717, 1.165) is 37.4 Å². The topological polar surface area (TPSA) is 69.6 Å². The lowest BCUT2D eigenvalue weighted by molar-refractivity contribution is -0.141. The van der Waals surface area contributed by atoms with E-state index in [-0.39, 0.29) is 12.1 Å². The molecule has 0 aromatic rings. The van der Waals surface area contributed by atoms with Crippen LogP contribution in [0, 0.1) is 5.92 Å². The molecule has 0 bridgehead atoms. The third kappa shape index (κ3) is 4.04. The maximum atomic E-state index is 12.3. The molecule has 2 amide bonds. The average molecular weight is 300 g/mol. The Morgan fingerprint density at radius 3 is 2.80 bits per heavy atom. The Morgan fingerprint density at radius 1 is 1.25 bits per heavy atom. The third-order valence-electron chi connectivity index (χ3n) is 4.26. The Morgan fingerprint density at radius 2 is 2.05 bits per heavy atom. The van der Waals surface area contributed by atoms with Crippen molar-refractivity contribution in [3.63, 3.8) is 0 Å². The van der Waals surface area contributed by atoms with Crippen molar-refractivity contribution in [2.45, 2.75) is 51.1 Å². The van der Waals surface area contributed by atoms with Crippen LogP contribution in [0.5, 0.6) is 0 Å². The highest BCUT2D eigenvalue weighted by Crippen LogP contribution is 2.23. The number of carbonyl (C=O) groups excluding carboxylic acids is 1. The molecule has 20 heavy (non-hydrogen) atoms. The highest BCUT2D eigenvalue weighted by Gasteiger charge is 2.33. The summed E-state index contributed by atoms with van der Waals surface area (Å²) in [4.78, 5) is 25.0. The SMILES string of the molecule is CC1CCCC(NC(=O)N2CCSCC2C(=O)O)CC1. The van der Waals surface area contributed by atoms with Crippen molar-refractivity contribution in [1.29, 1.82) is 0 Å². The molecule has 2 aliphatic rings. The van der Waals surface area contributed by atoms with Gasteiger partial charge >= 0.3 is 12.0 Å². The van der Waals surface area contributed by atoms with Gasteiger partial charge in [-0.1, -0.05) is 19.8 Å². The predicted molar refractivity (Wildman–Crippen MR) is 80.0 cm³/mol. The first-order chi connectivity index (χ1) is 9.58. The smallest absolute Gasteiger partial charge is 0.327 e. The minimum absolute atomic E-state index is 0.197. The van der Waals surface area contributed by atoms with E-state index in [2.05, 4.69) is 12.2 Å². The molecule has 2 rings (SSSR count). The van der Waals surface area contributed by atoms with Crippen LogP contribution in [0.15, 0.2) is 0 Å². The third-order valence-corrected chi connectivity index (χ3v) is 5.28. The first-order valence-electron chi connectivity index (χ1n) is 7.45. The molecule has 1 saturated heterocycles. The van der Waals surface area contributed by atoms with Crippen LogP contribution in [0.25, 0.3) is 0 Å². The van der Waals surface area contributed by atoms with Crippen molar-refractivity contribution in [2.24, 2.45) is 5.92 Å². The summed E-state index contributed by atoms with van der Waals surface area (Å²) in [5.41, 5.74) is 0. The summed E-state index contributed by atoms with van der Waals surface area (Å²) in [6.07, 6.45) is 5.53. The number of carboxylic acids is 1. The molecule has 0 radical (unpaired) electrons. The second-order valence-electron chi connectivity index (χ2n) is 5.88. The van der Waals surface area contributed by atoms with Gasteiger partial charge < -0.3 is 15.3 Å². The van der Waals surface area contributed by atoms with Crippen molar-refractivity contribution < 1.29 is 14.7 Å². The van der Waals surface area contributed by atoms with Gasteiger partial charge in [0.25, 0.3) is 0 Å². The molecule has 2 fully saturated rings. The predicted octanol–water partition coefficient (Wildman–Crippen LogP) is 2.17. The molecule has 1 saturated carbocycles. The van der Waals surface area contributed by atoms with Crippen LogP contribution >= 0.6 is 11.8 Å². The molecule has 0 aromatic heterocycles. The highest BCUT2D eigenvalue weighted by molar-refractivity contribution is 7.99. The molecular weight excluding hydrogens is 276 g/mol. The van der Waals surface area contributed by atoms with Gasteiger partial charge in [0.2, 0.25) is 0 Å². The Labute approximate surface area is 124 Å². The van der Waals surface area contributed by atoms with E-state index in [1.54, 1.807) is 11.8 Å². The van der Waals surface area contributed by atoms with Crippen molar-refractivity contribution in [3.05, 3.63) is 0 Å². The van der Waals surface area contributed by atoms with E-state index in [9.17, 15) is 14.7 Å². The quantitative estimate of drug-likeness (QED) is 0.767. The minimum atomic E-state index is -0.901. The van der Waals surface area contributed by atoms with Crippen molar-refractivity contribution >= 4 is 23.8 Å². The number of carbonyl (C=O) groups is 2. The first-order valence-corrected chi connectivity index (χ1v) is 8.61. The van der Waals surface area contributed by atoms with Gasteiger partial charge in [0.05, 0.1) is 0 Å². The lowest BCUT2D eigenvalue weighted by Crippen LogP contribution is -2.55. The van der Waals surface area contributed by atoms with Crippen LogP contribution in [-0.2, 0) is 4.79 Å². The molecule has 6 heteroatoms. The van der Waals surface area contributed by atoms with Crippen LogP contribution in [0.3, 0.4) is 0 Å². The van der Waals surface area contributed by atoms with E-state index in [0.29, 0.717) is 12.3 Å². The lowest BCUT2D eigenvalue weighted by atomic mass is 10.0. The van der Waals surface area contributed by atoms with E-state index in [1.807, 2.05) is 0 Å². The number of hydrogen-bond donors (Lipinski definition) is 2. The molecule has 0 aromatic carbocycles. The minimum Gasteiger partial charge on any atom is -0.480 e. The van der Waals surface area contributed by atoms with Crippen LogP contribution in [-0.4, -0.2) is 52.1 Å². The molecular formula is C14H24N2O3S. The number of carboxylic acid groups (broad SMARTS) is 1. The number of rotatable bonds is 2. The van der Waals surface area contributed by atoms with Crippen molar-refractivity contribution in [1.82, 2.24) is 10.2 Å². The molecule has 1 heterocycles. The zero-order chi connectivity index (χ0) is 14.5. The number of aliphatic carboxylic acids is 1. The van der Waals surface area contributed by atoms with Crippen LogP contribution < -0.4 is 5.32 Å². The summed E-state index contributed by atoms with van der Waals surface area (Å²) < 4.78 is 0. The van der Waals surface area contributed by atoms with E-state index in [1.165, 1.54) is 11.3 Å². The summed E-state index contributed by atoms with van der Waals surface area (Å²) >= 11 is 1.60. The summed E-state index contributed by atoms with van der Waals surface area (Å²) in [6.45, 7) is 2.78. The van der Waals surface area contributed by atoms with Gasteiger partial charge in [-0.25, -0.2) is 9.59 Å². The Balaban J connectivity index is 1.90. The fourth-order valence-corrected chi connectivity index (χ4v) is 3.98. The van der Waals surface area contributed by atoms with Gasteiger partial charge in [-0.15, -0.1) is 0 Å². The van der Waals surface area contributed by atoms with Crippen LogP contribution in [0.4, 0.5) is 4.79 Å². The van der Waals surface area contributed by atoms with Gasteiger partial charge in [-0.2, -0.15) is 11.8 Å². The number of hydrogen-bond acceptors (Lipinski definition) is 3. The van der Waals surface area contributed by atoms with Gasteiger partial charge in [0.15, 0.2) is 0 Å². The maximum absolute atomic E-state index is 12.3. The largest absolute Gasteiger partial charge is 0.480 e. The second kappa shape index (κ2) is 7.20. The highest BCUT2D eigenvalue weighted by atomic mass is 32.2. The number of nitrogens with one attached hydrogen (secondary N) is 1. The summed E-state index contributed by atoms with van der Waals surface area (Å²) in [7, 11) is 0. The van der Waals surface area contributed by atoms with Gasteiger partial charge in [-0.05, 0) is 25.2 Å². The number of urea groups is 1. The number of amides is 2. The van der Waals surface area contributed by atoms with Crippen molar-refractivity contribution in [3.8, 4) is 0 Å². The van der Waals surface area contributed by atoms with Crippen molar-refractivity contribution in [2.75, 3.05) is 18.1 Å². The van der Waals surface area contributed by atoms with Crippen LogP contribution in [0.1, 0.15) is 39.0 Å². The number of nitrogens with zero attached hydrogens (tertiary/aromatic N) is 1. The summed E-state index contributed by atoms with van der Waals surface area (Å²) in [5, 5.41) is 12.3. The van der Waals surface area contributed by atoms with E-state index < -0.39 is 12.0 Å². The van der Waals surface area contributed by atoms with E-state index in [4.69, 9.17) is 0 Å². The molecule has 1 aliphatic carbocycles. The Bertz CT molecular complexity index is 364. The molecule has 0 spiro atoms. The summed E-state index contributed by atoms with van der Waals surface area (Å²) in [5.74, 6) is 1.14. The summed E-state index contributed by atoms with van der Waals surface area (Å²) in [6, 6.07) is -0.674. The number of thioether (sulfide) groups is 1. The fraction of sp³-hybridized carbons (Fsp3) is 0.857. The van der Waals surface area contributed by atoms with Crippen LogP contribution in [0.2, 0.25) is 0 Å². The lowest BCUT2D eigenvalue weighted by Gasteiger charge is -2.33. The zero-order valence-corrected chi connectivity index (χ0v) is 12.8. The molecule has 3 atom stereocenters. The normalized spacial score (nSPS) is 31.4. The maximum Gasteiger partial charge on any atom is 0.327 e. The Hall–Kier alpha value is -0.910. The second-order valence-corrected chi connectivity index (χ2v) is 7.03. The monoisotopic (exact) mass is 300 g/mol. The van der Waals surface area contributed by atoms with Gasteiger partial charge in [0.1, 0.15) is 6.04 Å². The standard InChI is InChI=1S/C14H24N2O3S/c1-10-3-2-4-11(6-5-10)15-14(19)16-7-8-20-9-12(16)13(17)18/h10-12H,2-9H2,1H3,(H,15,19)(H,17,18). The molecule has 2 N–H and O–H groups in total. The van der Waals surface area contributed by atoms with Gasteiger partial charge in [0, 0.05) is 24.1 Å². The molecule has 5 nitrogen and oxygen atoms in total. The first kappa shape index (κ1) is 15.5. The molecule has 1 aliphatic heterocycles. The fourth-order valence-electron chi connectivity index (χ4n) is 2.94. The Kier molecular flexibility index (Phi) is 5.57.